The number of hydrogen-bond donors (Lipinski definition) is 1. The molecule has 0 amide bonds. The lowest BCUT2D eigenvalue weighted by molar-refractivity contribution is 0.0697. The Hall–Kier alpha value is -4.06. The molecule has 33 heavy (non-hydrogen) atoms. The first-order valence-electron chi connectivity index (χ1n) is 10.7. The van der Waals surface area contributed by atoms with Crippen molar-refractivity contribution in [3.8, 4) is 11.1 Å². The van der Waals surface area contributed by atoms with Gasteiger partial charge in [0.25, 0.3) is 0 Å². The average Bonchev–Trinajstić information content (AvgIpc) is 3.24. The molecule has 1 heterocycles. The van der Waals surface area contributed by atoms with Gasteiger partial charge < -0.3 is 5.11 Å². The summed E-state index contributed by atoms with van der Waals surface area (Å²) < 4.78 is 1.77. The van der Waals surface area contributed by atoms with Gasteiger partial charge in [-0.3, -0.25) is 4.79 Å². The highest BCUT2D eigenvalue weighted by molar-refractivity contribution is 6.06. The molecule has 0 saturated heterocycles. The van der Waals surface area contributed by atoms with Gasteiger partial charge >= 0.3 is 5.97 Å². The zero-order chi connectivity index (χ0) is 23.6. The van der Waals surface area contributed by atoms with Crippen LogP contribution in [-0.2, 0) is 12.0 Å². The van der Waals surface area contributed by atoms with Gasteiger partial charge in [0.2, 0.25) is 11.6 Å². The molecule has 4 rings (SSSR count). The van der Waals surface area contributed by atoms with Crippen molar-refractivity contribution in [1.82, 2.24) is 14.8 Å². The number of nitrogens with zero attached hydrogens (tertiary/aromatic N) is 3. The lowest BCUT2D eigenvalue weighted by Gasteiger charge is -2.18. The van der Waals surface area contributed by atoms with Gasteiger partial charge in [-0.25, -0.2) is 14.5 Å². The van der Waals surface area contributed by atoms with Crippen molar-refractivity contribution in [3.05, 3.63) is 107 Å². The van der Waals surface area contributed by atoms with Gasteiger partial charge in [0.05, 0.1) is 12.1 Å². The van der Waals surface area contributed by atoms with Crippen LogP contribution < -0.4 is 0 Å². The molecule has 6 nitrogen and oxygen atoms in total. The van der Waals surface area contributed by atoms with Gasteiger partial charge in [-0.05, 0) is 22.8 Å². The predicted molar refractivity (Wildman–Crippen MR) is 127 cm³/mol. The number of carboxylic acids is 1. The van der Waals surface area contributed by atoms with Crippen molar-refractivity contribution >= 4 is 11.8 Å². The van der Waals surface area contributed by atoms with E-state index in [1.807, 2.05) is 69.3 Å². The monoisotopic (exact) mass is 439 g/mol. The third-order valence-corrected chi connectivity index (χ3v) is 5.34. The van der Waals surface area contributed by atoms with Crippen LogP contribution >= 0.6 is 0 Å². The SMILES string of the molecule is CC(C)(C)c1nc(C(=O)c2ccccc2)nn1Cc1ccc(-c2ccccc2C(=O)O)cc1. The minimum atomic E-state index is -0.956. The second-order valence-electron chi connectivity index (χ2n) is 8.91. The summed E-state index contributed by atoms with van der Waals surface area (Å²) in [6.45, 7) is 6.56. The second-order valence-corrected chi connectivity index (χ2v) is 8.91. The van der Waals surface area contributed by atoms with Crippen molar-refractivity contribution in [3.63, 3.8) is 0 Å². The van der Waals surface area contributed by atoms with Gasteiger partial charge in [0, 0.05) is 11.0 Å². The van der Waals surface area contributed by atoms with E-state index in [-0.39, 0.29) is 22.6 Å². The molecule has 1 aromatic heterocycles. The minimum absolute atomic E-state index is 0.179. The van der Waals surface area contributed by atoms with E-state index in [0.29, 0.717) is 17.7 Å². The third-order valence-electron chi connectivity index (χ3n) is 5.34. The van der Waals surface area contributed by atoms with E-state index in [1.54, 1.807) is 35.0 Å². The van der Waals surface area contributed by atoms with E-state index in [4.69, 9.17) is 0 Å². The first-order valence-corrected chi connectivity index (χ1v) is 10.7. The number of carboxylic acid groups (broad SMARTS) is 1. The molecule has 0 bridgehead atoms. The molecule has 0 radical (unpaired) electrons. The third kappa shape index (κ3) is 4.75. The first kappa shape index (κ1) is 22.1. The Kier molecular flexibility index (Phi) is 5.92. The van der Waals surface area contributed by atoms with E-state index < -0.39 is 5.97 Å². The fourth-order valence-electron chi connectivity index (χ4n) is 3.71. The molecule has 4 aromatic rings. The summed E-state index contributed by atoms with van der Waals surface area (Å²) >= 11 is 0. The number of carbonyl (C=O) groups is 2. The topological polar surface area (TPSA) is 85.1 Å². The summed E-state index contributed by atoms with van der Waals surface area (Å²) in [7, 11) is 0. The van der Waals surface area contributed by atoms with Crippen LogP contribution in [0.2, 0.25) is 0 Å². The fraction of sp³-hybridized carbons (Fsp3) is 0.185. The molecular formula is C27H25N3O3. The van der Waals surface area contributed by atoms with Crippen molar-refractivity contribution in [2.75, 3.05) is 0 Å². The predicted octanol–water partition coefficient (Wildman–Crippen LogP) is 5.22. The normalized spacial score (nSPS) is 11.4. The summed E-state index contributed by atoms with van der Waals surface area (Å²) in [6.07, 6.45) is 0. The minimum Gasteiger partial charge on any atom is -0.478 e. The van der Waals surface area contributed by atoms with Crippen LogP contribution in [0.5, 0.6) is 0 Å². The number of ketones is 1. The van der Waals surface area contributed by atoms with E-state index in [9.17, 15) is 14.7 Å². The van der Waals surface area contributed by atoms with Crippen LogP contribution in [0.1, 0.15) is 58.7 Å². The van der Waals surface area contributed by atoms with Crippen LogP contribution in [0.15, 0.2) is 78.9 Å². The van der Waals surface area contributed by atoms with Crippen molar-refractivity contribution in [2.24, 2.45) is 0 Å². The highest BCUT2D eigenvalue weighted by Crippen LogP contribution is 2.26. The number of benzene rings is 3. The maximum absolute atomic E-state index is 12.9. The number of aromatic nitrogens is 3. The molecule has 0 spiro atoms. The van der Waals surface area contributed by atoms with Gasteiger partial charge in [0.1, 0.15) is 5.82 Å². The molecule has 1 N–H and O–H groups in total. The zero-order valence-corrected chi connectivity index (χ0v) is 18.8. The Bertz CT molecular complexity index is 1300. The summed E-state index contributed by atoms with van der Waals surface area (Å²) in [5.41, 5.74) is 2.98. The van der Waals surface area contributed by atoms with Crippen LogP contribution in [0.25, 0.3) is 11.1 Å². The van der Waals surface area contributed by atoms with E-state index >= 15 is 0 Å². The fourth-order valence-corrected chi connectivity index (χ4v) is 3.71. The van der Waals surface area contributed by atoms with E-state index in [0.717, 1.165) is 17.0 Å². The standard InChI is InChI=1S/C27H25N3O3/c1-27(2,3)26-28-24(23(31)20-9-5-4-6-10-20)29-30(26)17-18-13-15-19(16-14-18)21-11-7-8-12-22(21)25(32)33/h4-16H,17H2,1-3H3,(H,32,33). The number of carbonyl (C=O) groups excluding carboxylic acids is 1. The summed E-state index contributed by atoms with van der Waals surface area (Å²) in [5.74, 6) is -0.261. The molecule has 0 atom stereocenters. The Morgan fingerprint density at radius 2 is 1.52 bits per heavy atom. The second kappa shape index (κ2) is 8.82. The summed E-state index contributed by atoms with van der Waals surface area (Å²) in [6, 6.07) is 23.7. The smallest absolute Gasteiger partial charge is 0.336 e. The van der Waals surface area contributed by atoms with Crippen LogP contribution in [0, 0.1) is 0 Å². The van der Waals surface area contributed by atoms with Crippen LogP contribution in [-0.4, -0.2) is 31.6 Å². The molecule has 0 aliphatic rings. The molecule has 3 aromatic carbocycles. The van der Waals surface area contributed by atoms with Crippen molar-refractivity contribution in [2.45, 2.75) is 32.7 Å². The molecule has 6 heteroatoms. The summed E-state index contributed by atoms with van der Waals surface area (Å²) in [5, 5.41) is 14.0. The maximum Gasteiger partial charge on any atom is 0.336 e. The van der Waals surface area contributed by atoms with Crippen LogP contribution in [0.3, 0.4) is 0 Å². The number of hydrogen-bond acceptors (Lipinski definition) is 4. The van der Waals surface area contributed by atoms with E-state index in [1.165, 1.54) is 0 Å². The molecular weight excluding hydrogens is 414 g/mol. The lowest BCUT2D eigenvalue weighted by atomic mass is 9.95. The average molecular weight is 440 g/mol. The van der Waals surface area contributed by atoms with Gasteiger partial charge in [0.15, 0.2) is 0 Å². The molecule has 0 aliphatic carbocycles. The largest absolute Gasteiger partial charge is 0.478 e. The van der Waals surface area contributed by atoms with Gasteiger partial charge in [-0.15, -0.1) is 5.10 Å². The van der Waals surface area contributed by atoms with Crippen molar-refractivity contribution < 1.29 is 14.7 Å². The summed E-state index contributed by atoms with van der Waals surface area (Å²) in [4.78, 5) is 29.0. The van der Waals surface area contributed by atoms with Gasteiger partial charge in [-0.1, -0.05) is 93.6 Å². The Balaban J connectivity index is 1.64. The highest BCUT2D eigenvalue weighted by atomic mass is 16.4. The molecule has 0 fully saturated rings. The van der Waals surface area contributed by atoms with Gasteiger partial charge in [-0.2, -0.15) is 0 Å². The number of rotatable bonds is 6. The molecule has 166 valence electrons. The quantitative estimate of drug-likeness (QED) is 0.416. The van der Waals surface area contributed by atoms with Crippen molar-refractivity contribution in [1.29, 1.82) is 0 Å². The molecule has 0 aliphatic heterocycles. The molecule has 0 unspecified atom stereocenters. The number of aromatic carboxylic acids is 1. The highest BCUT2D eigenvalue weighted by Gasteiger charge is 2.26. The zero-order valence-electron chi connectivity index (χ0n) is 18.8. The van der Waals surface area contributed by atoms with Crippen LogP contribution in [0.4, 0.5) is 0 Å². The Morgan fingerprint density at radius 1 is 0.879 bits per heavy atom. The Labute approximate surface area is 192 Å². The maximum atomic E-state index is 12.9. The Morgan fingerprint density at radius 3 is 2.15 bits per heavy atom. The first-order chi connectivity index (χ1) is 15.7. The van der Waals surface area contributed by atoms with E-state index in [2.05, 4.69) is 10.1 Å². The molecule has 0 saturated carbocycles. The lowest BCUT2D eigenvalue weighted by Crippen LogP contribution is -2.20.